The van der Waals surface area contributed by atoms with Gasteiger partial charge in [-0.3, -0.25) is 14.2 Å². The Hall–Kier alpha value is -1.63. The first-order chi connectivity index (χ1) is 9.92. The number of carbonyl (C=O) groups is 1. The largest absolute Gasteiger partial charge is 0.348 e. The zero-order chi connectivity index (χ0) is 15.6. The van der Waals surface area contributed by atoms with Crippen molar-refractivity contribution < 1.29 is 4.79 Å². The summed E-state index contributed by atoms with van der Waals surface area (Å²) >= 11 is 3.39. The standard InChI is InChI=1S/C14H20BrN5O/c1-5-20-11(4)12(6-16-20)9(2)17-14(21)8-19-7-13(15)10(3)18-19/h6-7,9H,5,8H2,1-4H3,(H,17,21). The summed E-state index contributed by atoms with van der Waals surface area (Å²) in [6.07, 6.45) is 3.62. The molecule has 2 heterocycles. The van der Waals surface area contributed by atoms with Gasteiger partial charge in [-0.15, -0.1) is 0 Å². The fraction of sp³-hybridized carbons (Fsp3) is 0.500. The lowest BCUT2D eigenvalue weighted by atomic mass is 10.1. The van der Waals surface area contributed by atoms with Gasteiger partial charge in [-0.05, 0) is 43.6 Å². The third kappa shape index (κ3) is 3.53. The lowest BCUT2D eigenvalue weighted by Gasteiger charge is -2.14. The quantitative estimate of drug-likeness (QED) is 0.897. The second kappa shape index (κ2) is 6.43. The van der Waals surface area contributed by atoms with Crippen molar-refractivity contribution in [2.75, 3.05) is 0 Å². The number of nitrogens with zero attached hydrogens (tertiary/aromatic N) is 4. The maximum Gasteiger partial charge on any atom is 0.242 e. The van der Waals surface area contributed by atoms with Crippen molar-refractivity contribution in [3.05, 3.63) is 33.8 Å². The van der Waals surface area contributed by atoms with Gasteiger partial charge in [0.15, 0.2) is 0 Å². The van der Waals surface area contributed by atoms with Crippen molar-refractivity contribution in [3.8, 4) is 0 Å². The second-order valence-corrected chi connectivity index (χ2v) is 5.90. The van der Waals surface area contributed by atoms with Gasteiger partial charge in [-0.2, -0.15) is 10.2 Å². The van der Waals surface area contributed by atoms with Gasteiger partial charge in [0.05, 0.1) is 22.4 Å². The van der Waals surface area contributed by atoms with E-state index in [4.69, 9.17) is 0 Å². The second-order valence-electron chi connectivity index (χ2n) is 5.05. The molecule has 0 bridgehead atoms. The molecule has 7 heteroatoms. The lowest BCUT2D eigenvalue weighted by Crippen LogP contribution is -2.30. The van der Waals surface area contributed by atoms with E-state index in [1.54, 1.807) is 10.9 Å². The number of amides is 1. The van der Waals surface area contributed by atoms with Gasteiger partial charge in [0.2, 0.25) is 5.91 Å². The Kier molecular flexibility index (Phi) is 4.82. The minimum atomic E-state index is -0.0714. The van der Waals surface area contributed by atoms with Crippen LogP contribution in [0, 0.1) is 13.8 Å². The molecule has 0 aliphatic heterocycles. The van der Waals surface area contributed by atoms with E-state index in [0.29, 0.717) is 0 Å². The zero-order valence-electron chi connectivity index (χ0n) is 12.7. The summed E-state index contributed by atoms with van der Waals surface area (Å²) in [5, 5.41) is 11.5. The molecule has 2 rings (SSSR count). The molecule has 0 spiro atoms. The third-order valence-corrected chi connectivity index (χ3v) is 4.26. The number of hydrogen-bond donors (Lipinski definition) is 1. The van der Waals surface area contributed by atoms with Crippen LogP contribution in [0.1, 0.15) is 36.8 Å². The van der Waals surface area contributed by atoms with E-state index in [1.807, 2.05) is 38.6 Å². The average Bonchev–Trinajstić information content (AvgIpc) is 2.92. The fourth-order valence-corrected chi connectivity index (χ4v) is 2.61. The Balaban J connectivity index is 2.00. The van der Waals surface area contributed by atoms with E-state index in [0.717, 1.165) is 28.0 Å². The van der Waals surface area contributed by atoms with Crippen molar-refractivity contribution in [1.82, 2.24) is 24.9 Å². The molecule has 21 heavy (non-hydrogen) atoms. The topological polar surface area (TPSA) is 64.7 Å². The molecule has 0 aromatic carbocycles. The Morgan fingerprint density at radius 1 is 1.48 bits per heavy atom. The monoisotopic (exact) mass is 353 g/mol. The summed E-state index contributed by atoms with van der Waals surface area (Å²) in [5.74, 6) is -0.0684. The first-order valence-electron chi connectivity index (χ1n) is 6.93. The van der Waals surface area contributed by atoms with Crippen LogP contribution in [0.2, 0.25) is 0 Å². The van der Waals surface area contributed by atoms with Crippen molar-refractivity contribution >= 4 is 21.8 Å². The molecule has 6 nitrogen and oxygen atoms in total. The normalized spacial score (nSPS) is 12.4. The minimum Gasteiger partial charge on any atom is -0.348 e. The van der Waals surface area contributed by atoms with Crippen LogP contribution in [0.15, 0.2) is 16.9 Å². The van der Waals surface area contributed by atoms with Crippen LogP contribution in [0.4, 0.5) is 0 Å². The SMILES string of the molecule is CCn1ncc(C(C)NC(=O)Cn2cc(Br)c(C)n2)c1C. The molecular formula is C14H20BrN5O. The van der Waals surface area contributed by atoms with Crippen LogP contribution in [-0.2, 0) is 17.9 Å². The highest BCUT2D eigenvalue weighted by Crippen LogP contribution is 2.17. The highest BCUT2D eigenvalue weighted by molar-refractivity contribution is 9.10. The molecule has 0 aliphatic carbocycles. The summed E-state index contributed by atoms with van der Waals surface area (Å²) in [4.78, 5) is 12.1. The molecule has 114 valence electrons. The van der Waals surface area contributed by atoms with Gasteiger partial charge in [0.1, 0.15) is 6.54 Å². The van der Waals surface area contributed by atoms with Gasteiger partial charge >= 0.3 is 0 Å². The van der Waals surface area contributed by atoms with E-state index in [9.17, 15) is 4.79 Å². The minimum absolute atomic E-state index is 0.0684. The van der Waals surface area contributed by atoms with Gasteiger partial charge < -0.3 is 5.32 Å². The number of aromatic nitrogens is 4. The Bertz CT molecular complexity index is 626. The molecule has 0 saturated heterocycles. The highest BCUT2D eigenvalue weighted by atomic mass is 79.9. The molecular weight excluding hydrogens is 334 g/mol. The number of halogens is 1. The average molecular weight is 354 g/mol. The summed E-state index contributed by atoms with van der Waals surface area (Å²) in [7, 11) is 0. The molecule has 1 amide bonds. The van der Waals surface area contributed by atoms with Crippen LogP contribution in [0.3, 0.4) is 0 Å². The summed E-state index contributed by atoms with van der Waals surface area (Å²) in [5.41, 5.74) is 3.00. The van der Waals surface area contributed by atoms with E-state index < -0.39 is 0 Å². The Morgan fingerprint density at radius 2 is 2.19 bits per heavy atom. The number of rotatable bonds is 5. The van der Waals surface area contributed by atoms with E-state index in [-0.39, 0.29) is 18.5 Å². The molecule has 2 aromatic heterocycles. The molecule has 0 saturated carbocycles. The van der Waals surface area contributed by atoms with E-state index >= 15 is 0 Å². The Labute approximate surface area is 132 Å². The van der Waals surface area contributed by atoms with Crippen LogP contribution in [0.25, 0.3) is 0 Å². The molecule has 0 aliphatic rings. The summed E-state index contributed by atoms with van der Waals surface area (Å²) in [6.45, 7) is 8.95. The van der Waals surface area contributed by atoms with Crippen LogP contribution in [-0.4, -0.2) is 25.5 Å². The molecule has 2 aromatic rings. The molecule has 1 unspecified atom stereocenters. The van der Waals surface area contributed by atoms with Crippen molar-refractivity contribution in [2.24, 2.45) is 0 Å². The van der Waals surface area contributed by atoms with Crippen molar-refractivity contribution in [1.29, 1.82) is 0 Å². The Morgan fingerprint density at radius 3 is 2.71 bits per heavy atom. The van der Waals surface area contributed by atoms with E-state index in [2.05, 4.69) is 31.4 Å². The maximum absolute atomic E-state index is 12.1. The molecule has 0 radical (unpaired) electrons. The van der Waals surface area contributed by atoms with Crippen molar-refractivity contribution in [2.45, 2.75) is 46.8 Å². The summed E-state index contributed by atoms with van der Waals surface area (Å²) < 4.78 is 4.46. The molecule has 0 fully saturated rings. The maximum atomic E-state index is 12.1. The number of aryl methyl sites for hydroxylation is 2. The first-order valence-corrected chi connectivity index (χ1v) is 7.72. The van der Waals surface area contributed by atoms with Gasteiger partial charge in [0, 0.05) is 24.0 Å². The van der Waals surface area contributed by atoms with Crippen LogP contribution >= 0.6 is 15.9 Å². The van der Waals surface area contributed by atoms with Crippen LogP contribution < -0.4 is 5.32 Å². The van der Waals surface area contributed by atoms with Crippen molar-refractivity contribution in [3.63, 3.8) is 0 Å². The predicted octanol–water partition coefficient (Wildman–Crippen LogP) is 2.36. The number of nitrogens with one attached hydrogen (secondary N) is 1. The molecule has 1 N–H and O–H groups in total. The van der Waals surface area contributed by atoms with Gasteiger partial charge in [0.25, 0.3) is 0 Å². The number of carbonyl (C=O) groups excluding carboxylic acids is 1. The van der Waals surface area contributed by atoms with Gasteiger partial charge in [-0.25, -0.2) is 0 Å². The zero-order valence-corrected chi connectivity index (χ0v) is 14.3. The van der Waals surface area contributed by atoms with E-state index in [1.165, 1.54) is 0 Å². The third-order valence-electron chi connectivity index (χ3n) is 3.48. The summed E-state index contributed by atoms with van der Waals surface area (Å²) in [6, 6.07) is -0.0714. The highest BCUT2D eigenvalue weighted by Gasteiger charge is 2.15. The van der Waals surface area contributed by atoms with Crippen LogP contribution in [0.5, 0.6) is 0 Å². The smallest absolute Gasteiger partial charge is 0.242 e. The van der Waals surface area contributed by atoms with Gasteiger partial charge in [-0.1, -0.05) is 0 Å². The first kappa shape index (κ1) is 15.8. The molecule has 1 atom stereocenters. The number of hydrogen-bond acceptors (Lipinski definition) is 3. The lowest BCUT2D eigenvalue weighted by molar-refractivity contribution is -0.122. The fourth-order valence-electron chi connectivity index (χ4n) is 2.29. The predicted molar refractivity (Wildman–Crippen MR) is 83.9 cm³/mol.